The Labute approximate surface area is 119 Å². The molecule has 110 valence electrons. The smallest absolute Gasteiger partial charge is 0.335 e. The van der Waals surface area contributed by atoms with Gasteiger partial charge in [0, 0.05) is 31.7 Å². The Kier molecular flexibility index (Phi) is 6.03. The van der Waals surface area contributed by atoms with Gasteiger partial charge in [0.05, 0.1) is 5.56 Å². The van der Waals surface area contributed by atoms with E-state index in [0.717, 1.165) is 18.8 Å². The van der Waals surface area contributed by atoms with E-state index in [1.807, 2.05) is 13.8 Å². The number of hydrogen-bond acceptors (Lipinski definition) is 3. The molecule has 0 aliphatic rings. The molecule has 1 amide bonds. The van der Waals surface area contributed by atoms with Crippen LogP contribution in [0.5, 0.6) is 0 Å². The van der Waals surface area contributed by atoms with E-state index in [2.05, 4.69) is 5.32 Å². The molecule has 0 heterocycles. The Morgan fingerprint density at radius 2 is 1.90 bits per heavy atom. The van der Waals surface area contributed by atoms with Gasteiger partial charge in [-0.15, -0.1) is 0 Å². The molecule has 1 aromatic carbocycles. The van der Waals surface area contributed by atoms with Crippen LogP contribution in [0, 0.1) is 6.92 Å². The summed E-state index contributed by atoms with van der Waals surface area (Å²) in [5, 5.41) is 12.1. The zero-order chi connectivity index (χ0) is 15.1. The van der Waals surface area contributed by atoms with Gasteiger partial charge in [0.2, 0.25) is 5.91 Å². The van der Waals surface area contributed by atoms with Gasteiger partial charge >= 0.3 is 5.97 Å². The molecule has 20 heavy (non-hydrogen) atoms. The molecule has 5 nitrogen and oxygen atoms in total. The summed E-state index contributed by atoms with van der Waals surface area (Å²) in [6.45, 7) is 7.67. The molecule has 0 aromatic heterocycles. The molecule has 0 saturated carbocycles. The Balaban J connectivity index is 2.53. The van der Waals surface area contributed by atoms with Crippen LogP contribution in [-0.2, 0) is 4.79 Å². The third-order valence-electron chi connectivity index (χ3n) is 3.24. The predicted octanol–water partition coefficient (Wildman–Crippen LogP) is 2.36. The standard InChI is InChI=1S/C15H22N2O3/c1-4-17(5-2)14(18)8-9-16-12-6-7-13(15(19)20)11(3)10-12/h6-7,10,16H,4-5,8-9H2,1-3H3,(H,19,20). The van der Waals surface area contributed by atoms with Crippen LogP contribution in [0.3, 0.4) is 0 Å². The van der Waals surface area contributed by atoms with Crippen molar-refractivity contribution in [2.45, 2.75) is 27.2 Å². The second kappa shape index (κ2) is 7.53. The highest BCUT2D eigenvalue weighted by Crippen LogP contribution is 2.15. The molecule has 2 N–H and O–H groups in total. The maximum absolute atomic E-state index is 11.8. The van der Waals surface area contributed by atoms with E-state index in [0.29, 0.717) is 24.1 Å². The van der Waals surface area contributed by atoms with Gasteiger partial charge in [-0.25, -0.2) is 4.79 Å². The van der Waals surface area contributed by atoms with Crippen LogP contribution in [0.1, 0.15) is 36.2 Å². The fraction of sp³-hybridized carbons (Fsp3) is 0.467. The van der Waals surface area contributed by atoms with Crippen LogP contribution >= 0.6 is 0 Å². The minimum absolute atomic E-state index is 0.126. The van der Waals surface area contributed by atoms with E-state index in [1.54, 1.807) is 30.0 Å². The molecule has 1 aromatic rings. The number of aryl methyl sites for hydroxylation is 1. The number of carbonyl (C=O) groups is 2. The lowest BCUT2D eigenvalue weighted by atomic mass is 10.1. The topological polar surface area (TPSA) is 69.6 Å². The molecular formula is C15H22N2O3. The predicted molar refractivity (Wildman–Crippen MR) is 79.2 cm³/mol. The number of anilines is 1. The molecule has 1 rings (SSSR count). The van der Waals surface area contributed by atoms with Crippen molar-refractivity contribution in [3.05, 3.63) is 29.3 Å². The van der Waals surface area contributed by atoms with Crippen molar-refractivity contribution in [3.8, 4) is 0 Å². The van der Waals surface area contributed by atoms with E-state index in [9.17, 15) is 9.59 Å². The molecule has 0 atom stereocenters. The van der Waals surface area contributed by atoms with Crippen LogP contribution in [0.4, 0.5) is 5.69 Å². The lowest BCUT2D eigenvalue weighted by Crippen LogP contribution is -2.31. The molecule has 5 heteroatoms. The summed E-state index contributed by atoms with van der Waals surface area (Å²) >= 11 is 0. The first-order valence-corrected chi connectivity index (χ1v) is 6.85. The van der Waals surface area contributed by atoms with E-state index >= 15 is 0 Å². The molecule has 0 saturated heterocycles. The van der Waals surface area contributed by atoms with E-state index in [4.69, 9.17) is 5.11 Å². The van der Waals surface area contributed by atoms with Crippen LogP contribution in [-0.4, -0.2) is 41.5 Å². The van der Waals surface area contributed by atoms with Crippen LogP contribution in [0.15, 0.2) is 18.2 Å². The molecule has 0 fully saturated rings. The minimum Gasteiger partial charge on any atom is -0.478 e. The number of amides is 1. The third-order valence-corrected chi connectivity index (χ3v) is 3.24. The summed E-state index contributed by atoms with van der Waals surface area (Å²) in [5.41, 5.74) is 1.84. The van der Waals surface area contributed by atoms with Crippen molar-refractivity contribution >= 4 is 17.6 Å². The van der Waals surface area contributed by atoms with Crippen molar-refractivity contribution in [2.75, 3.05) is 25.0 Å². The van der Waals surface area contributed by atoms with E-state index in [1.165, 1.54) is 0 Å². The van der Waals surface area contributed by atoms with Crippen molar-refractivity contribution in [3.63, 3.8) is 0 Å². The maximum atomic E-state index is 11.8. The lowest BCUT2D eigenvalue weighted by molar-refractivity contribution is -0.130. The third kappa shape index (κ3) is 4.26. The molecule has 0 bridgehead atoms. The second-order valence-corrected chi connectivity index (χ2v) is 4.58. The zero-order valence-electron chi connectivity index (χ0n) is 12.3. The number of carboxylic acid groups (broad SMARTS) is 1. The number of carbonyl (C=O) groups excluding carboxylic acids is 1. The minimum atomic E-state index is -0.925. The largest absolute Gasteiger partial charge is 0.478 e. The fourth-order valence-electron chi connectivity index (χ4n) is 2.06. The number of aromatic carboxylic acids is 1. The summed E-state index contributed by atoms with van der Waals surface area (Å²) in [5.74, 6) is -0.799. The summed E-state index contributed by atoms with van der Waals surface area (Å²) in [7, 11) is 0. The van der Waals surface area contributed by atoms with Crippen LogP contribution < -0.4 is 5.32 Å². The van der Waals surface area contributed by atoms with Crippen molar-refractivity contribution in [1.29, 1.82) is 0 Å². The number of benzene rings is 1. The van der Waals surface area contributed by atoms with Crippen molar-refractivity contribution < 1.29 is 14.7 Å². The molecule has 0 unspecified atom stereocenters. The van der Waals surface area contributed by atoms with Crippen molar-refractivity contribution in [2.24, 2.45) is 0 Å². The monoisotopic (exact) mass is 278 g/mol. The first-order chi connectivity index (χ1) is 9.49. The highest BCUT2D eigenvalue weighted by molar-refractivity contribution is 5.89. The first-order valence-electron chi connectivity index (χ1n) is 6.85. The summed E-state index contributed by atoms with van der Waals surface area (Å²) in [6.07, 6.45) is 0.432. The Morgan fingerprint density at radius 1 is 1.25 bits per heavy atom. The number of rotatable bonds is 7. The van der Waals surface area contributed by atoms with Gasteiger partial charge in [-0.05, 0) is 44.5 Å². The van der Waals surface area contributed by atoms with Gasteiger partial charge in [0.1, 0.15) is 0 Å². The summed E-state index contributed by atoms with van der Waals surface area (Å²) < 4.78 is 0. The van der Waals surface area contributed by atoms with Gasteiger partial charge in [0.25, 0.3) is 0 Å². The van der Waals surface area contributed by atoms with Crippen LogP contribution in [0.2, 0.25) is 0 Å². The van der Waals surface area contributed by atoms with Gasteiger partial charge in [-0.2, -0.15) is 0 Å². The number of nitrogens with zero attached hydrogens (tertiary/aromatic N) is 1. The van der Waals surface area contributed by atoms with E-state index < -0.39 is 5.97 Å². The Morgan fingerprint density at radius 3 is 2.40 bits per heavy atom. The number of nitrogens with one attached hydrogen (secondary N) is 1. The highest BCUT2D eigenvalue weighted by atomic mass is 16.4. The Hall–Kier alpha value is -2.04. The SMILES string of the molecule is CCN(CC)C(=O)CCNc1ccc(C(=O)O)c(C)c1. The first kappa shape index (κ1) is 16.0. The van der Waals surface area contributed by atoms with Gasteiger partial charge in [0.15, 0.2) is 0 Å². The molecule has 0 aliphatic heterocycles. The molecule has 0 spiro atoms. The lowest BCUT2D eigenvalue weighted by Gasteiger charge is -2.18. The second-order valence-electron chi connectivity index (χ2n) is 4.58. The molecule has 0 aliphatic carbocycles. The zero-order valence-corrected chi connectivity index (χ0v) is 12.3. The fourth-order valence-corrected chi connectivity index (χ4v) is 2.06. The highest BCUT2D eigenvalue weighted by Gasteiger charge is 2.09. The molecular weight excluding hydrogens is 256 g/mol. The summed E-state index contributed by atoms with van der Waals surface area (Å²) in [6, 6.07) is 5.08. The summed E-state index contributed by atoms with van der Waals surface area (Å²) in [4.78, 5) is 24.5. The number of hydrogen-bond donors (Lipinski definition) is 2. The van der Waals surface area contributed by atoms with Crippen molar-refractivity contribution in [1.82, 2.24) is 4.90 Å². The average molecular weight is 278 g/mol. The van der Waals surface area contributed by atoms with E-state index in [-0.39, 0.29) is 5.91 Å². The van der Waals surface area contributed by atoms with Gasteiger partial charge in [-0.1, -0.05) is 0 Å². The normalized spacial score (nSPS) is 10.2. The number of carboxylic acids is 1. The van der Waals surface area contributed by atoms with Gasteiger partial charge < -0.3 is 15.3 Å². The van der Waals surface area contributed by atoms with Crippen LogP contribution in [0.25, 0.3) is 0 Å². The average Bonchev–Trinajstić information content (AvgIpc) is 2.39. The Bertz CT molecular complexity index is 482. The maximum Gasteiger partial charge on any atom is 0.335 e. The van der Waals surface area contributed by atoms with Gasteiger partial charge in [-0.3, -0.25) is 4.79 Å². The molecule has 0 radical (unpaired) electrons. The quantitative estimate of drug-likeness (QED) is 0.803.